The second kappa shape index (κ2) is 10.5. The monoisotopic (exact) mass is 555 g/mol. The van der Waals surface area contributed by atoms with Crippen LogP contribution < -0.4 is 4.90 Å². The van der Waals surface area contributed by atoms with E-state index in [1.54, 1.807) is 48.5 Å². The van der Waals surface area contributed by atoms with E-state index < -0.39 is 11.9 Å². The van der Waals surface area contributed by atoms with Crippen LogP contribution in [0.25, 0.3) is 22.6 Å². The lowest BCUT2D eigenvalue weighted by Crippen LogP contribution is -2.45. The third kappa shape index (κ3) is 5.08. The predicted molar refractivity (Wildman–Crippen MR) is 150 cm³/mol. The summed E-state index contributed by atoms with van der Waals surface area (Å²) in [6, 6.07) is 24.4. The number of imide groups is 1. The van der Waals surface area contributed by atoms with E-state index in [0.29, 0.717) is 22.2 Å². The second-order valence-electron chi connectivity index (χ2n) is 9.23. The summed E-state index contributed by atoms with van der Waals surface area (Å²) in [5, 5.41) is 2.50. The Morgan fingerprint density at radius 2 is 1.77 bits per heavy atom. The molecule has 6 rings (SSSR count). The molecule has 0 spiro atoms. The Kier molecular flexibility index (Phi) is 6.72. The van der Waals surface area contributed by atoms with Crippen LogP contribution in [0.5, 0.6) is 0 Å². The largest absolute Gasteiger partial charge is 0.436 e. The molecule has 9 heteroatoms. The van der Waals surface area contributed by atoms with E-state index in [-0.39, 0.29) is 31.2 Å². The Morgan fingerprint density at radius 1 is 1.00 bits per heavy atom. The molecule has 0 saturated carbocycles. The van der Waals surface area contributed by atoms with Crippen molar-refractivity contribution in [3.8, 4) is 11.5 Å². The summed E-state index contributed by atoms with van der Waals surface area (Å²) in [5.41, 5.74) is 3.37. The van der Waals surface area contributed by atoms with Crippen LogP contribution in [0.4, 0.5) is 5.69 Å². The normalized spacial score (nSPS) is 15.3. The van der Waals surface area contributed by atoms with Crippen molar-refractivity contribution in [2.45, 2.75) is 25.4 Å². The van der Waals surface area contributed by atoms with E-state index in [2.05, 4.69) is 4.98 Å². The number of aromatic nitrogens is 1. The van der Waals surface area contributed by atoms with Gasteiger partial charge in [0.15, 0.2) is 5.58 Å². The number of halogens is 1. The summed E-state index contributed by atoms with van der Waals surface area (Å²) < 4.78 is 5.83. The molecule has 3 aromatic carbocycles. The second-order valence-corrected chi connectivity index (χ2v) is 10.7. The molecule has 0 N–H and O–H groups in total. The van der Waals surface area contributed by atoms with Gasteiger partial charge in [-0.2, -0.15) is 0 Å². The molecular formula is C30H22ClN3O4S. The molecule has 5 aromatic rings. The molecule has 194 valence electrons. The van der Waals surface area contributed by atoms with Gasteiger partial charge >= 0.3 is 0 Å². The van der Waals surface area contributed by atoms with Crippen LogP contribution in [0.2, 0.25) is 5.02 Å². The van der Waals surface area contributed by atoms with Crippen LogP contribution in [0.1, 0.15) is 16.9 Å². The number of thiophene rings is 1. The zero-order chi connectivity index (χ0) is 26.9. The average Bonchev–Trinajstić information content (AvgIpc) is 3.68. The fraction of sp³-hybridized carbons (Fsp3) is 0.133. The van der Waals surface area contributed by atoms with Crippen molar-refractivity contribution in [3.05, 3.63) is 106 Å². The van der Waals surface area contributed by atoms with Crippen LogP contribution in [0.15, 0.2) is 94.7 Å². The minimum atomic E-state index is -0.892. The summed E-state index contributed by atoms with van der Waals surface area (Å²) in [5.74, 6) is -0.551. The van der Waals surface area contributed by atoms with Crippen LogP contribution in [-0.2, 0) is 27.3 Å². The number of amides is 3. The first kappa shape index (κ1) is 25.0. The minimum Gasteiger partial charge on any atom is -0.436 e. The molecule has 1 unspecified atom stereocenters. The number of carbonyl (C=O) groups is 3. The number of benzene rings is 3. The van der Waals surface area contributed by atoms with Gasteiger partial charge in [-0.05, 0) is 65.5 Å². The highest BCUT2D eigenvalue weighted by Crippen LogP contribution is 2.31. The quantitative estimate of drug-likeness (QED) is 0.226. The Morgan fingerprint density at radius 3 is 2.49 bits per heavy atom. The third-order valence-corrected chi connectivity index (χ3v) is 7.77. The zero-order valence-corrected chi connectivity index (χ0v) is 22.2. The molecule has 7 nitrogen and oxygen atoms in total. The van der Waals surface area contributed by atoms with Gasteiger partial charge in [0.1, 0.15) is 11.6 Å². The molecule has 1 fully saturated rings. The molecule has 39 heavy (non-hydrogen) atoms. The first-order chi connectivity index (χ1) is 19.0. The fourth-order valence-corrected chi connectivity index (χ4v) is 5.53. The summed E-state index contributed by atoms with van der Waals surface area (Å²) >= 11 is 7.49. The van der Waals surface area contributed by atoms with Gasteiger partial charge in [0.25, 0.3) is 5.91 Å². The van der Waals surface area contributed by atoms with Crippen molar-refractivity contribution >= 4 is 57.4 Å². The Hall–Kier alpha value is -4.27. The molecule has 0 aliphatic carbocycles. The van der Waals surface area contributed by atoms with Gasteiger partial charge in [-0.1, -0.05) is 41.9 Å². The molecule has 0 radical (unpaired) electrons. The maximum absolute atomic E-state index is 13.6. The lowest BCUT2D eigenvalue weighted by Gasteiger charge is -2.27. The van der Waals surface area contributed by atoms with Gasteiger partial charge < -0.3 is 9.32 Å². The highest BCUT2D eigenvalue weighted by Gasteiger charge is 2.44. The molecule has 1 atom stereocenters. The number of hydrogen-bond donors (Lipinski definition) is 0. The van der Waals surface area contributed by atoms with Crippen molar-refractivity contribution in [1.29, 1.82) is 0 Å². The summed E-state index contributed by atoms with van der Waals surface area (Å²) in [6.45, 7) is 0.248. The molecule has 1 saturated heterocycles. The van der Waals surface area contributed by atoms with Crippen molar-refractivity contribution < 1.29 is 18.8 Å². The smallest absolute Gasteiger partial charge is 0.257 e. The lowest BCUT2D eigenvalue weighted by molar-refractivity contribution is -0.138. The lowest BCUT2D eigenvalue weighted by atomic mass is 10.1. The van der Waals surface area contributed by atoms with Gasteiger partial charge in [0, 0.05) is 15.5 Å². The van der Waals surface area contributed by atoms with Crippen molar-refractivity contribution in [3.63, 3.8) is 0 Å². The summed E-state index contributed by atoms with van der Waals surface area (Å²) in [7, 11) is 0. The maximum atomic E-state index is 13.6. The van der Waals surface area contributed by atoms with Gasteiger partial charge in [-0.15, -0.1) is 11.3 Å². The molecule has 3 amide bonds. The molecular weight excluding hydrogens is 534 g/mol. The molecule has 2 aromatic heterocycles. The predicted octanol–water partition coefficient (Wildman–Crippen LogP) is 6.11. The van der Waals surface area contributed by atoms with Gasteiger partial charge in [0.05, 0.1) is 25.1 Å². The SMILES string of the molecule is O=C1CC(N(Cc2cccs2)C(=O)Cc2ccc(Cl)cc2)C(=O)N1c1ccc(-c2nc3ccccc3o2)cc1. The van der Waals surface area contributed by atoms with E-state index in [1.165, 1.54) is 16.2 Å². The number of anilines is 1. The number of fused-ring (bicyclic) bond motifs is 1. The molecule has 1 aliphatic heterocycles. The number of para-hydroxylation sites is 2. The van der Waals surface area contributed by atoms with E-state index in [4.69, 9.17) is 16.0 Å². The van der Waals surface area contributed by atoms with Crippen LogP contribution in [0, 0.1) is 0 Å². The maximum Gasteiger partial charge on any atom is 0.257 e. The van der Waals surface area contributed by atoms with E-state index >= 15 is 0 Å². The van der Waals surface area contributed by atoms with Crippen molar-refractivity contribution in [2.75, 3.05) is 4.90 Å². The van der Waals surface area contributed by atoms with Crippen LogP contribution in [-0.4, -0.2) is 33.6 Å². The first-order valence-corrected chi connectivity index (χ1v) is 13.6. The third-order valence-electron chi connectivity index (χ3n) is 6.66. The van der Waals surface area contributed by atoms with Crippen molar-refractivity contribution in [1.82, 2.24) is 9.88 Å². The van der Waals surface area contributed by atoms with Gasteiger partial charge in [-0.25, -0.2) is 9.88 Å². The average molecular weight is 556 g/mol. The van der Waals surface area contributed by atoms with Crippen LogP contribution in [0.3, 0.4) is 0 Å². The van der Waals surface area contributed by atoms with Gasteiger partial charge in [-0.3, -0.25) is 14.4 Å². The van der Waals surface area contributed by atoms with Gasteiger partial charge in [0.2, 0.25) is 17.7 Å². The van der Waals surface area contributed by atoms with E-state index in [0.717, 1.165) is 26.4 Å². The molecule has 3 heterocycles. The highest BCUT2D eigenvalue weighted by molar-refractivity contribution is 7.09. The van der Waals surface area contributed by atoms with E-state index in [9.17, 15) is 14.4 Å². The summed E-state index contributed by atoms with van der Waals surface area (Å²) in [6.07, 6.45) is 0.0170. The number of rotatable bonds is 7. The number of oxazole rings is 1. The standard InChI is InChI=1S/C30H22ClN3O4S/c31-21-11-7-19(8-12-21)16-27(35)33(18-23-4-3-15-39-23)25-17-28(36)34(30(25)37)22-13-9-20(10-14-22)29-32-24-5-1-2-6-26(24)38-29/h1-15,25H,16-18H2. The topological polar surface area (TPSA) is 83.7 Å². The molecule has 0 bridgehead atoms. The summed E-state index contributed by atoms with van der Waals surface area (Å²) in [4.78, 5) is 48.3. The van der Waals surface area contributed by atoms with Crippen LogP contribution >= 0.6 is 22.9 Å². The number of hydrogen-bond acceptors (Lipinski definition) is 6. The molecule has 1 aliphatic rings. The van der Waals surface area contributed by atoms with E-state index in [1.807, 2.05) is 41.8 Å². The first-order valence-electron chi connectivity index (χ1n) is 12.4. The Bertz CT molecular complexity index is 1630. The van der Waals surface area contributed by atoms with Crippen molar-refractivity contribution in [2.24, 2.45) is 0 Å². The fourth-order valence-electron chi connectivity index (χ4n) is 4.70. The zero-order valence-electron chi connectivity index (χ0n) is 20.6. The Labute approximate surface area is 233 Å². The highest BCUT2D eigenvalue weighted by atomic mass is 35.5. The minimum absolute atomic E-state index is 0.0799. The Balaban J connectivity index is 1.24. The number of carbonyl (C=O) groups excluding carboxylic acids is 3. The number of nitrogens with zero attached hydrogens (tertiary/aromatic N) is 3.